The van der Waals surface area contributed by atoms with E-state index in [0.29, 0.717) is 29.4 Å². The third kappa shape index (κ3) is 6.35. The van der Waals surface area contributed by atoms with E-state index >= 15 is 0 Å². The van der Waals surface area contributed by atoms with E-state index in [9.17, 15) is 9.90 Å². The molecule has 2 aromatic carbocycles. The van der Waals surface area contributed by atoms with Crippen molar-refractivity contribution in [3.8, 4) is 6.07 Å². The van der Waals surface area contributed by atoms with E-state index in [1.807, 2.05) is 36.4 Å². The van der Waals surface area contributed by atoms with Gasteiger partial charge in [-0.2, -0.15) is 5.26 Å². The molecule has 1 amide bonds. The molecule has 0 bridgehead atoms. The molecule has 0 fully saturated rings. The maximum atomic E-state index is 12.4. The van der Waals surface area contributed by atoms with Gasteiger partial charge in [0, 0.05) is 31.2 Å². The van der Waals surface area contributed by atoms with E-state index in [0.717, 1.165) is 5.56 Å². The number of benzene rings is 2. The van der Waals surface area contributed by atoms with Gasteiger partial charge >= 0.3 is 0 Å². The molecule has 0 aliphatic heterocycles. The van der Waals surface area contributed by atoms with Crippen LogP contribution in [0.1, 0.15) is 31.4 Å². The Morgan fingerprint density at radius 1 is 1.25 bits per heavy atom. The highest BCUT2D eigenvalue weighted by Crippen LogP contribution is 2.21. The predicted molar refractivity (Wildman–Crippen MR) is 112 cm³/mol. The summed E-state index contributed by atoms with van der Waals surface area (Å²) < 4.78 is 0. The highest BCUT2D eigenvalue weighted by molar-refractivity contribution is 6.32. The third-order valence-electron chi connectivity index (χ3n) is 4.65. The summed E-state index contributed by atoms with van der Waals surface area (Å²) in [5, 5.41) is 21.9. The van der Waals surface area contributed by atoms with Gasteiger partial charge in [0.25, 0.3) is 0 Å². The zero-order chi connectivity index (χ0) is 20.5. The second-order valence-electron chi connectivity index (χ2n) is 7.05. The maximum absolute atomic E-state index is 12.4. The molecule has 0 radical (unpaired) electrons. The average Bonchev–Trinajstić information content (AvgIpc) is 2.67. The van der Waals surface area contributed by atoms with Crippen LogP contribution >= 0.6 is 11.6 Å². The molecule has 0 aromatic heterocycles. The summed E-state index contributed by atoms with van der Waals surface area (Å²) in [5.74, 6) is 0.119. The van der Waals surface area contributed by atoms with Crippen LogP contribution in [-0.4, -0.2) is 35.1 Å². The molecular formula is C22H26ClN3O2. The van der Waals surface area contributed by atoms with Gasteiger partial charge < -0.3 is 10.4 Å². The lowest BCUT2D eigenvalue weighted by molar-refractivity contribution is -0.116. The van der Waals surface area contributed by atoms with Gasteiger partial charge in [0.1, 0.15) is 6.07 Å². The first-order valence-electron chi connectivity index (χ1n) is 9.33. The molecule has 1 atom stereocenters. The number of nitrogens with one attached hydrogen (secondary N) is 1. The summed E-state index contributed by atoms with van der Waals surface area (Å²) in [6.45, 7) is 5.36. The van der Waals surface area contributed by atoms with Crippen LogP contribution in [0.5, 0.6) is 0 Å². The number of carbonyl (C=O) groups excluding carboxylic acids is 1. The lowest BCUT2D eigenvalue weighted by atomic mass is 10.0. The van der Waals surface area contributed by atoms with Crippen LogP contribution in [0.15, 0.2) is 48.5 Å². The smallest absolute Gasteiger partial charge is 0.225 e. The monoisotopic (exact) mass is 399 g/mol. The van der Waals surface area contributed by atoms with Crippen LogP contribution in [0.3, 0.4) is 0 Å². The number of nitrogens with zero attached hydrogens (tertiary/aromatic N) is 2. The van der Waals surface area contributed by atoms with Crippen LogP contribution < -0.4 is 5.32 Å². The number of hydrogen-bond donors (Lipinski definition) is 2. The van der Waals surface area contributed by atoms with Gasteiger partial charge in [-0.05, 0) is 29.7 Å². The molecule has 0 saturated carbocycles. The first-order valence-corrected chi connectivity index (χ1v) is 9.70. The third-order valence-corrected chi connectivity index (χ3v) is 4.97. The second-order valence-corrected chi connectivity index (χ2v) is 7.46. The molecule has 0 aliphatic carbocycles. The van der Waals surface area contributed by atoms with Crippen molar-refractivity contribution in [1.29, 1.82) is 5.26 Å². The molecule has 1 unspecified atom stereocenters. The SMILES string of the molecule is CC(C)C(CO)N(CCC(=O)Nc1ccc(C#N)c(Cl)c1)Cc1ccccc1. The van der Waals surface area contributed by atoms with E-state index in [1.54, 1.807) is 18.2 Å². The van der Waals surface area contributed by atoms with E-state index < -0.39 is 0 Å². The predicted octanol–water partition coefficient (Wildman–Crippen LogP) is 4.06. The summed E-state index contributed by atoms with van der Waals surface area (Å²) in [6, 6.07) is 16.8. The Balaban J connectivity index is 2.02. The highest BCUT2D eigenvalue weighted by Gasteiger charge is 2.22. The zero-order valence-corrected chi connectivity index (χ0v) is 17.0. The molecular weight excluding hydrogens is 374 g/mol. The first-order chi connectivity index (χ1) is 13.4. The molecule has 2 aromatic rings. The van der Waals surface area contributed by atoms with Crippen molar-refractivity contribution in [2.24, 2.45) is 5.92 Å². The summed E-state index contributed by atoms with van der Waals surface area (Å²) >= 11 is 6.02. The Bertz CT molecular complexity index is 818. The van der Waals surface area contributed by atoms with Crippen molar-refractivity contribution in [2.45, 2.75) is 32.9 Å². The molecule has 0 spiro atoms. The fourth-order valence-corrected chi connectivity index (χ4v) is 3.30. The number of nitriles is 1. The van der Waals surface area contributed by atoms with E-state index in [-0.39, 0.29) is 30.9 Å². The molecule has 0 saturated heterocycles. The number of aliphatic hydroxyl groups excluding tert-OH is 1. The summed E-state index contributed by atoms with van der Waals surface area (Å²) in [5.41, 5.74) is 2.07. The van der Waals surface area contributed by atoms with Gasteiger partial charge in [0.05, 0.1) is 17.2 Å². The van der Waals surface area contributed by atoms with Crippen LogP contribution in [-0.2, 0) is 11.3 Å². The van der Waals surface area contributed by atoms with Gasteiger partial charge in [-0.15, -0.1) is 0 Å². The lowest BCUT2D eigenvalue weighted by Gasteiger charge is -2.33. The standard InChI is InChI=1S/C22H26ClN3O2/c1-16(2)21(15-27)26(14-17-6-4-3-5-7-17)11-10-22(28)25-19-9-8-18(13-24)20(23)12-19/h3-9,12,16,21,27H,10-11,14-15H2,1-2H3,(H,25,28). The van der Waals surface area contributed by atoms with Crippen LogP contribution in [0.4, 0.5) is 5.69 Å². The number of hydrogen-bond acceptors (Lipinski definition) is 4. The molecule has 0 heterocycles. The van der Waals surface area contributed by atoms with Gasteiger partial charge in [-0.1, -0.05) is 55.8 Å². The Morgan fingerprint density at radius 2 is 1.96 bits per heavy atom. The van der Waals surface area contributed by atoms with E-state index in [4.69, 9.17) is 16.9 Å². The summed E-state index contributed by atoms with van der Waals surface area (Å²) in [7, 11) is 0. The molecule has 5 nitrogen and oxygen atoms in total. The Labute approximate surface area is 171 Å². The average molecular weight is 400 g/mol. The zero-order valence-electron chi connectivity index (χ0n) is 16.2. The number of rotatable bonds is 9. The fraction of sp³-hybridized carbons (Fsp3) is 0.364. The maximum Gasteiger partial charge on any atom is 0.225 e. The number of anilines is 1. The molecule has 2 N–H and O–H groups in total. The van der Waals surface area contributed by atoms with Gasteiger partial charge in [-0.3, -0.25) is 9.69 Å². The van der Waals surface area contributed by atoms with Crippen molar-refractivity contribution in [3.63, 3.8) is 0 Å². The normalized spacial score (nSPS) is 12.0. The summed E-state index contributed by atoms with van der Waals surface area (Å²) in [6.07, 6.45) is 0.285. The van der Waals surface area contributed by atoms with Gasteiger partial charge in [0.15, 0.2) is 0 Å². The minimum absolute atomic E-state index is 0.0302. The number of halogens is 1. The van der Waals surface area contributed by atoms with Crippen LogP contribution in [0, 0.1) is 17.2 Å². The molecule has 28 heavy (non-hydrogen) atoms. The van der Waals surface area contributed by atoms with Crippen LogP contribution in [0.2, 0.25) is 5.02 Å². The molecule has 6 heteroatoms. The molecule has 2 rings (SSSR count). The fourth-order valence-electron chi connectivity index (χ4n) is 3.08. The second kappa shape index (κ2) is 10.8. The van der Waals surface area contributed by atoms with Gasteiger partial charge in [0.2, 0.25) is 5.91 Å². The van der Waals surface area contributed by atoms with Crippen molar-refractivity contribution in [1.82, 2.24) is 4.90 Å². The van der Waals surface area contributed by atoms with E-state index in [2.05, 4.69) is 24.1 Å². The van der Waals surface area contributed by atoms with Gasteiger partial charge in [-0.25, -0.2) is 0 Å². The highest BCUT2D eigenvalue weighted by atomic mass is 35.5. The van der Waals surface area contributed by atoms with E-state index in [1.165, 1.54) is 0 Å². The summed E-state index contributed by atoms with van der Waals surface area (Å²) in [4.78, 5) is 14.6. The van der Waals surface area contributed by atoms with Crippen LogP contribution in [0.25, 0.3) is 0 Å². The largest absolute Gasteiger partial charge is 0.395 e. The lowest BCUT2D eigenvalue weighted by Crippen LogP contribution is -2.42. The quantitative estimate of drug-likeness (QED) is 0.666. The minimum Gasteiger partial charge on any atom is -0.395 e. The Kier molecular flexibility index (Phi) is 8.46. The number of amides is 1. The number of carbonyl (C=O) groups is 1. The molecule has 148 valence electrons. The first kappa shape index (κ1) is 21.9. The van der Waals surface area contributed by atoms with Crippen molar-refractivity contribution < 1.29 is 9.90 Å². The Hall–Kier alpha value is -2.39. The minimum atomic E-state index is -0.140. The topological polar surface area (TPSA) is 76.4 Å². The number of aliphatic hydroxyl groups is 1. The molecule has 0 aliphatic rings. The van der Waals surface area contributed by atoms with Crippen molar-refractivity contribution in [2.75, 3.05) is 18.5 Å². The Morgan fingerprint density at radius 3 is 2.54 bits per heavy atom. The van der Waals surface area contributed by atoms with Crippen molar-refractivity contribution >= 4 is 23.2 Å². The van der Waals surface area contributed by atoms with Crippen molar-refractivity contribution in [3.05, 3.63) is 64.7 Å².